The molecular weight excluding hydrogens is 275 g/mol. The van der Waals surface area contributed by atoms with E-state index in [9.17, 15) is 22.9 Å². The largest absolute Gasteiger partial charge is 0.292 e. The third kappa shape index (κ3) is 4.01. The Kier molecular flexibility index (Phi) is 4.97. The van der Waals surface area contributed by atoms with E-state index >= 15 is 0 Å². The van der Waals surface area contributed by atoms with Gasteiger partial charge in [0.2, 0.25) is 10.0 Å². The molecule has 8 heteroatoms. The van der Waals surface area contributed by atoms with Crippen LogP contribution in [0.4, 0.5) is 10.1 Å². The van der Waals surface area contributed by atoms with Crippen LogP contribution in [0.15, 0.2) is 23.1 Å². The third-order valence-electron chi connectivity index (χ3n) is 2.13. The third-order valence-corrected chi connectivity index (χ3v) is 3.63. The van der Waals surface area contributed by atoms with E-state index in [-0.39, 0.29) is 13.0 Å². The molecule has 6 nitrogen and oxygen atoms in total. The maximum absolute atomic E-state index is 12.9. The summed E-state index contributed by atoms with van der Waals surface area (Å²) >= 11 is 0. The van der Waals surface area contributed by atoms with Crippen LogP contribution < -0.4 is 4.72 Å². The zero-order valence-corrected chi connectivity index (χ0v) is 10.8. The molecule has 0 unspecified atom stereocenters. The monoisotopic (exact) mass is 286 g/mol. The van der Waals surface area contributed by atoms with Crippen LogP contribution in [0.25, 0.3) is 0 Å². The second-order valence-electron chi connectivity index (χ2n) is 3.44. The van der Waals surface area contributed by atoms with E-state index in [0.29, 0.717) is 6.07 Å². The number of rotatable bonds is 5. The van der Waals surface area contributed by atoms with Crippen molar-refractivity contribution >= 4 is 15.7 Å². The van der Waals surface area contributed by atoms with Gasteiger partial charge in [0.15, 0.2) is 4.90 Å². The first-order chi connectivity index (χ1) is 8.88. The fraction of sp³-hybridized carbons (Fsp3) is 0.273. The average Bonchev–Trinajstić information content (AvgIpc) is 2.34. The van der Waals surface area contributed by atoms with Gasteiger partial charge in [-0.25, -0.2) is 17.5 Å². The molecular formula is C11H11FN2O4S. The van der Waals surface area contributed by atoms with Crippen LogP contribution in [0, 0.1) is 27.8 Å². The molecule has 0 amide bonds. The predicted octanol–water partition coefficient (Wildman–Crippen LogP) is 1.43. The summed E-state index contributed by atoms with van der Waals surface area (Å²) in [6, 6.07) is 2.29. The number of nitrogens with one attached hydrogen (secondary N) is 1. The Hall–Kier alpha value is -1.98. The Morgan fingerprint density at radius 2 is 2.16 bits per heavy atom. The first-order valence-electron chi connectivity index (χ1n) is 5.21. The maximum atomic E-state index is 12.9. The number of sulfonamides is 1. The molecule has 19 heavy (non-hydrogen) atoms. The van der Waals surface area contributed by atoms with E-state index in [1.54, 1.807) is 6.92 Å². The summed E-state index contributed by atoms with van der Waals surface area (Å²) in [5.41, 5.74) is -0.797. The summed E-state index contributed by atoms with van der Waals surface area (Å²) in [5.74, 6) is 4.36. The minimum Gasteiger partial charge on any atom is -0.258 e. The number of halogens is 1. The number of nitrogens with zero attached hydrogens (tertiary/aromatic N) is 1. The maximum Gasteiger partial charge on any atom is 0.292 e. The zero-order valence-electron chi connectivity index (χ0n) is 10.0. The molecule has 102 valence electrons. The second kappa shape index (κ2) is 6.26. The van der Waals surface area contributed by atoms with Gasteiger partial charge in [-0.1, -0.05) is 0 Å². The van der Waals surface area contributed by atoms with Gasteiger partial charge in [-0.05, 0) is 19.1 Å². The lowest BCUT2D eigenvalue weighted by Crippen LogP contribution is -2.25. The minimum atomic E-state index is -4.06. The molecule has 1 rings (SSSR count). The number of nitro benzene ring substituents is 1. The molecule has 0 radical (unpaired) electrons. The Balaban J connectivity index is 3.06. The normalized spacial score (nSPS) is 10.6. The van der Waals surface area contributed by atoms with E-state index in [2.05, 4.69) is 16.6 Å². The lowest BCUT2D eigenvalue weighted by Gasteiger charge is -2.05. The van der Waals surface area contributed by atoms with Crippen molar-refractivity contribution in [1.82, 2.24) is 4.72 Å². The highest BCUT2D eigenvalue weighted by Gasteiger charge is 2.25. The van der Waals surface area contributed by atoms with Crippen molar-refractivity contribution in [2.45, 2.75) is 18.2 Å². The molecule has 0 aliphatic rings. The second-order valence-corrected chi connectivity index (χ2v) is 5.18. The standard InChI is InChI=1S/C11H11FN2O4S/c1-2-3-4-7-13-19(17,18)11-6-5-9(12)8-10(11)14(15)16/h5-6,8,13H,4,7H2,1H3. The van der Waals surface area contributed by atoms with Crippen LogP contribution in [0.1, 0.15) is 13.3 Å². The van der Waals surface area contributed by atoms with Gasteiger partial charge in [-0.15, -0.1) is 11.8 Å². The Labute approximate surface area is 109 Å². The van der Waals surface area contributed by atoms with E-state index in [4.69, 9.17) is 0 Å². The van der Waals surface area contributed by atoms with Crippen LogP contribution in [-0.4, -0.2) is 19.9 Å². The van der Waals surface area contributed by atoms with Crippen LogP contribution in [0.5, 0.6) is 0 Å². The summed E-state index contributed by atoms with van der Waals surface area (Å²) in [6.07, 6.45) is 0.282. The first-order valence-corrected chi connectivity index (χ1v) is 6.70. The van der Waals surface area contributed by atoms with Gasteiger partial charge < -0.3 is 0 Å². The fourth-order valence-corrected chi connectivity index (χ4v) is 2.49. The highest BCUT2D eigenvalue weighted by molar-refractivity contribution is 7.89. The topological polar surface area (TPSA) is 89.3 Å². The minimum absolute atomic E-state index is 0.0255. The molecule has 1 N–H and O–H groups in total. The van der Waals surface area contributed by atoms with Gasteiger partial charge >= 0.3 is 0 Å². The summed E-state index contributed by atoms with van der Waals surface area (Å²) in [7, 11) is -4.06. The lowest BCUT2D eigenvalue weighted by molar-refractivity contribution is -0.388. The molecule has 0 aliphatic carbocycles. The van der Waals surface area contributed by atoms with Gasteiger partial charge in [0, 0.05) is 13.0 Å². The van der Waals surface area contributed by atoms with Gasteiger partial charge in [-0.2, -0.15) is 0 Å². The van der Waals surface area contributed by atoms with Crippen molar-refractivity contribution in [3.63, 3.8) is 0 Å². The lowest BCUT2D eigenvalue weighted by atomic mass is 10.3. The van der Waals surface area contributed by atoms with Crippen molar-refractivity contribution in [1.29, 1.82) is 0 Å². The summed E-state index contributed by atoms with van der Waals surface area (Å²) < 4.78 is 38.8. The van der Waals surface area contributed by atoms with Gasteiger partial charge in [0.25, 0.3) is 5.69 Å². The Bertz CT molecular complexity index is 646. The molecule has 0 fully saturated rings. The van der Waals surface area contributed by atoms with Crippen molar-refractivity contribution in [3.8, 4) is 11.8 Å². The van der Waals surface area contributed by atoms with Crippen LogP contribution >= 0.6 is 0 Å². The predicted molar refractivity (Wildman–Crippen MR) is 66.3 cm³/mol. The van der Waals surface area contributed by atoms with Crippen molar-refractivity contribution in [2.24, 2.45) is 0 Å². The highest BCUT2D eigenvalue weighted by Crippen LogP contribution is 2.24. The van der Waals surface area contributed by atoms with Gasteiger partial charge in [-0.3, -0.25) is 10.1 Å². The van der Waals surface area contributed by atoms with E-state index < -0.39 is 31.3 Å². The van der Waals surface area contributed by atoms with E-state index in [0.717, 1.165) is 12.1 Å². The molecule has 0 aliphatic heterocycles. The highest BCUT2D eigenvalue weighted by atomic mass is 32.2. The van der Waals surface area contributed by atoms with Crippen molar-refractivity contribution < 1.29 is 17.7 Å². The first kappa shape index (κ1) is 15.1. The quantitative estimate of drug-likeness (QED) is 0.384. The van der Waals surface area contributed by atoms with Crippen molar-refractivity contribution in [2.75, 3.05) is 6.54 Å². The SMILES string of the molecule is CC#CCCNS(=O)(=O)c1ccc(F)cc1[N+](=O)[O-]. The smallest absolute Gasteiger partial charge is 0.258 e. The molecule has 1 aromatic rings. The summed E-state index contributed by atoms with van der Waals surface area (Å²) in [5, 5.41) is 10.7. The molecule has 0 saturated carbocycles. The zero-order chi connectivity index (χ0) is 14.5. The summed E-state index contributed by atoms with van der Waals surface area (Å²) in [4.78, 5) is 9.21. The Morgan fingerprint density at radius 3 is 2.74 bits per heavy atom. The number of benzene rings is 1. The van der Waals surface area contributed by atoms with Crippen LogP contribution in [0.3, 0.4) is 0 Å². The number of hydrogen-bond acceptors (Lipinski definition) is 4. The molecule has 0 aromatic heterocycles. The number of nitro groups is 1. The van der Waals surface area contributed by atoms with E-state index in [1.807, 2.05) is 0 Å². The molecule has 0 saturated heterocycles. The van der Waals surface area contributed by atoms with Gasteiger partial charge in [0.05, 0.1) is 11.0 Å². The van der Waals surface area contributed by atoms with Gasteiger partial charge in [0.1, 0.15) is 5.82 Å². The average molecular weight is 286 g/mol. The van der Waals surface area contributed by atoms with E-state index in [1.165, 1.54) is 0 Å². The fourth-order valence-electron chi connectivity index (χ4n) is 1.31. The Morgan fingerprint density at radius 1 is 1.47 bits per heavy atom. The van der Waals surface area contributed by atoms with Crippen molar-refractivity contribution in [3.05, 3.63) is 34.1 Å². The molecule has 0 heterocycles. The molecule has 1 aromatic carbocycles. The van der Waals surface area contributed by atoms with Crippen LogP contribution in [-0.2, 0) is 10.0 Å². The summed E-state index contributed by atoms with van der Waals surface area (Å²) in [6.45, 7) is 1.64. The van der Waals surface area contributed by atoms with Crippen LogP contribution in [0.2, 0.25) is 0 Å². The number of hydrogen-bond donors (Lipinski definition) is 1. The molecule has 0 spiro atoms. The molecule has 0 bridgehead atoms. The molecule has 0 atom stereocenters.